The van der Waals surface area contributed by atoms with Crippen LogP contribution >= 0.6 is 11.6 Å². The molecular formula is C12H10BClO2. The third-order valence-electron chi connectivity index (χ3n) is 2.39. The molecule has 0 atom stereocenters. The molecule has 0 unspecified atom stereocenters. The van der Waals surface area contributed by atoms with Crippen LogP contribution in [-0.2, 0) is 0 Å². The summed E-state index contributed by atoms with van der Waals surface area (Å²) >= 11 is 6.06. The van der Waals surface area contributed by atoms with E-state index in [2.05, 4.69) is 0 Å². The Morgan fingerprint density at radius 1 is 0.875 bits per heavy atom. The van der Waals surface area contributed by atoms with E-state index in [1.165, 1.54) is 0 Å². The predicted molar refractivity (Wildman–Crippen MR) is 66.7 cm³/mol. The normalized spacial score (nSPS) is 10.2. The Labute approximate surface area is 99.3 Å². The smallest absolute Gasteiger partial charge is 0.423 e. The maximum absolute atomic E-state index is 8.97. The fourth-order valence-corrected chi connectivity index (χ4v) is 1.77. The van der Waals surface area contributed by atoms with Crippen LogP contribution in [0.1, 0.15) is 0 Å². The maximum atomic E-state index is 8.97. The van der Waals surface area contributed by atoms with E-state index in [-0.39, 0.29) is 0 Å². The van der Waals surface area contributed by atoms with Crippen LogP contribution in [0.4, 0.5) is 0 Å². The molecule has 0 saturated heterocycles. The van der Waals surface area contributed by atoms with Gasteiger partial charge in [0.15, 0.2) is 0 Å². The number of hydrogen-bond acceptors (Lipinski definition) is 2. The van der Waals surface area contributed by atoms with Crippen LogP contribution in [0.25, 0.3) is 11.1 Å². The summed E-state index contributed by atoms with van der Waals surface area (Å²) in [5, 5.41) is 18.6. The molecule has 0 saturated carbocycles. The fraction of sp³-hybridized carbons (Fsp3) is 0. The second-order valence-corrected chi connectivity index (χ2v) is 3.88. The van der Waals surface area contributed by atoms with Gasteiger partial charge in [0, 0.05) is 10.6 Å². The van der Waals surface area contributed by atoms with Gasteiger partial charge in [-0.3, -0.25) is 0 Å². The van der Waals surface area contributed by atoms with Crippen molar-refractivity contribution in [1.29, 1.82) is 0 Å². The molecule has 0 fully saturated rings. The lowest BCUT2D eigenvalue weighted by molar-refractivity contribution is 0.426. The monoisotopic (exact) mass is 232 g/mol. The summed E-state index contributed by atoms with van der Waals surface area (Å²) < 4.78 is 0. The van der Waals surface area contributed by atoms with Crippen LogP contribution in [0.2, 0.25) is 5.02 Å². The second kappa shape index (κ2) is 4.70. The quantitative estimate of drug-likeness (QED) is 0.774. The lowest BCUT2D eigenvalue weighted by Crippen LogP contribution is -2.29. The average Bonchev–Trinajstić information content (AvgIpc) is 2.30. The molecule has 0 aliphatic rings. The highest BCUT2D eigenvalue weighted by molar-refractivity contribution is 6.58. The van der Waals surface area contributed by atoms with Crippen molar-refractivity contribution in [3.8, 4) is 11.1 Å². The number of halogens is 1. The van der Waals surface area contributed by atoms with Crippen molar-refractivity contribution in [3.63, 3.8) is 0 Å². The second-order valence-electron chi connectivity index (χ2n) is 3.48. The molecule has 2 nitrogen and oxygen atoms in total. The van der Waals surface area contributed by atoms with Gasteiger partial charge in [0.2, 0.25) is 0 Å². The lowest BCUT2D eigenvalue weighted by Gasteiger charge is -2.05. The molecule has 2 aromatic carbocycles. The van der Waals surface area contributed by atoms with Crippen LogP contribution in [0.3, 0.4) is 0 Å². The molecule has 0 aliphatic carbocycles. The van der Waals surface area contributed by atoms with Crippen LogP contribution < -0.4 is 5.46 Å². The largest absolute Gasteiger partial charge is 0.488 e. The van der Waals surface area contributed by atoms with Gasteiger partial charge >= 0.3 is 7.12 Å². The predicted octanol–water partition coefficient (Wildman–Crippen LogP) is 1.69. The molecular weight excluding hydrogens is 222 g/mol. The minimum absolute atomic E-state index is 0.468. The zero-order valence-electron chi connectivity index (χ0n) is 8.47. The summed E-state index contributed by atoms with van der Waals surface area (Å²) in [6.07, 6.45) is 0. The standard InChI is InChI=1S/C12H10BClO2/c14-12-4-2-1-3-11(12)9-5-7-10(8-6-9)13(15)16/h1-8,15-16H. The van der Waals surface area contributed by atoms with Crippen molar-refractivity contribution >= 4 is 24.2 Å². The lowest BCUT2D eigenvalue weighted by atomic mass is 9.80. The Bertz CT molecular complexity index is 483. The van der Waals surface area contributed by atoms with Gasteiger partial charge in [-0.2, -0.15) is 0 Å². The van der Waals surface area contributed by atoms with E-state index in [0.717, 1.165) is 11.1 Å². The van der Waals surface area contributed by atoms with Crippen LogP contribution in [-0.4, -0.2) is 17.2 Å². The molecule has 0 aliphatic heterocycles. The number of rotatable bonds is 2. The molecule has 0 spiro atoms. The molecule has 0 radical (unpaired) electrons. The van der Waals surface area contributed by atoms with E-state index >= 15 is 0 Å². The van der Waals surface area contributed by atoms with Crippen molar-refractivity contribution in [1.82, 2.24) is 0 Å². The zero-order chi connectivity index (χ0) is 11.5. The third kappa shape index (κ3) is 2.27. The molecule has 16 heavy (non-hydrogen) atoms. The molecule has 2 aromatic rings. The van der Waals surface area contributed by atoms with Gasteiger partial charge in [-0.25, -0.2) is 0 Å². The summed E-state index contributed by atoms with van der Waals surface area (Å²) in [5.74, 6) is 0. The third-order valence-corrected chi connectivity index (χ3v) is 2.72. The maximum Gasteiger partial charge on any atom is 0.488 e. The molecule has 80 valence electrons. The van der Waals surface area contributed by atoms with Gasteiger partial charge in [0.1, 0.15) is 0 Å². The van der Waals surface area contributed by atoms with Crippen molar-refractivity contribution < 1.29 is 10.0 Å². The van der Waals surface area contributed by atoms with Crippen LogP contribution in [0, 0.1) is 0 Å². The van der Waals surface area contributed by atoms with Gasteiger partial charge in [0.05, 0.1) is 0 Å². The van der Waals surface area contributed by atoms with E-state index in [4.69, 9.17) is 21.6 Å². The Morgan fingerprint density at radius 2 is 1.50 bits per heavy atom. The van der Waals surface area contributed by atoms with Gasteiger partial charge in [-0.05, 0) is 17.1 Å². The summed E-state index contributed by atoms with van der Waals surface area (Å²) in [6.45, 7) is 0. The van der Waals surface area contributed by atoms with Crippen molar-refractivity contribution in [2.24, 2.45) is 0 Å². The molecule has 2 rings (SSSR count). The summed E-state index contributed by atoms with van der Waals surface area (Å²) in [4.78, 5) is 0. The first-order valence-corrected chi connectivity index (χ1v) is 5.27. The van der Waals surface area contributed by atoms with Crippen molar-refractivity contribution in [3.05, 3.63) is 53.6 Å². The van der Waals surface area contributed by atoms with E-state index < -0.39 is 7.12 Å². The van der Waals surface area contributed by atoms with Gasteiger partial charge in [0.25, 0.3) is 0 Å². The zero-order valence-corrected chi connectivity index (χ0v) is 9.22. The summed E-state index contributed by atoms with van der Waals surface area (Å²) in [7, 11) is -1.43. The first kappa shape index (κ1) is 11.2. The SMILES string of the molecule is OB(O)c1ccc(-c2ccccc2Cl)cc1. The highest BCUT2D eigenvalue weighted by atomic mass is 35.5. The molecule has 0 aromatic heterocycles. The molecule has 2 N–H and O–H groups in total. The number of benzene rings is 2. The topological polar surface area (TPSA) is 40.5 Å². The van der Waals surface area contributed by atoms with Crippen molar-refractivity contribution in [2.45, 2.75) is 0 Å². The highest BCUT2D eigenvalue weighted by Crippen LogP contribution is 2.26. The van der Waals surface area contributed by atoms with Crippen molar-refractivity contribution in [2.75, 3.05) is 0 Å². The molecule has 4 heteroatoms. The Balaban J connectivity index is 2.39. The molecule has 0 amide bonds. The summed E-state index contributed by atoms with van der Waals surface area (Å²) in [5.41, 5.74) is 2.36. The Hall–Kier alpha value is -1.29. The van der Waals surface area contributed by atoms with Crippen LogP contribution in [0.15, 0.2) is 48.5 Å². The Kier molecular flexibility index (Phi) is 3.29. The Morgan fingerprint density at radius 3 is 2.06 bits per heavy atom. The first-order valence-electron chi connectivity index (χ1n) is 4.89. The number of hydrogen-bond donors (Lipinski definition) is 2. The molecule has 0 bridgehead atoms. The minimum Gasteiger partial charge on any atom is -0.423 e. The highest BCUT2D eigenvalue weighted by Gasteiger charge is 2.10. The fourth-order valence-electron chi connectivity index (χ4n) is 1.53. The summed E-state index contributed by atoms with van der Waals surface area (Å²) in [6, 6.07) is 14.5. The van der Waals surface area contributed by atoms with Gasteiger partial charge < -0.3 is 10.0 Å². The van der Waals surface area contributed by atoms with E-state index in [0.29, 0.717) is 10.5 Å². The van der Waals surface area contributed by atoms with E-state index in [1.54, 1.807) is 12.1 Å². The van der Waals surface area contributed by atoms with E-state index in [1.807, 2.05) is 36.4 Å². The first-order chi connectivity index (χ1) is 7.68. The molecule has 0 heterocycles. The van der Waals surface area contributed by atoms with Crippen LogP contribution in [0.5, 0.6) is 0 Å². The van der Waals surface area contributed by atoms with Gasteiger partial charge in [-0.1, -0.05) is 54.1 Å². The van der Waals surface area contributed by atoms with E-state index in [9.17, 15) is 0 Å². The van der Waals surface area contributed by atoms with Gasteiger partial charge in [-0.15, -0.1) is 0 Å². The average molecular weight is 232 g/mol. The minimum atomic E-state index is -1.43.